The van der Waals surface area contributed by atoms with Crippen LogP contribution in [0.2, 0.25) is 0 Å². The molecule has 0 aliphatic rings. The van der Waals surface area contributed by atoms with Crippen LogP contribution in [0, 0.1) is 18.6 Å². The van der Waals surface area contributed by atoms with Gasteiger partial charge in [0.15, 0.2) is 11.6 Å². The summed E-state index contributed by atoms with van der Waals surface area (Å²) in [5, 5.41) is 0. The second-order valence-electron chi connectivity index (χ2n) is 4.41. The van der Waals surface area contributed by atoms with Gasteiger partial charge in [0.25, 0.3) is 0 Å². The number of rotatable bonds is 4. The number of hydrogen-bond donors (Lipinski definition) is 1. The summed E-state index contributed by atoms with van der Waals surface area (Å²) >= 11 is 0. The Morgan fingerprint density at radius 3 is 2.68 bits per heavy atom. The van der Waals surface area contributed by atoms with Crippen LogP contribution in [0.4, 0.5) is 8.78 Å². The van der Waals surface area contributed by atoms with Crippen molar-refractivity contribution in [2.45, 2.75) is 13.0 Å². The van der Waals surface area contributed by atoms with Crippen LogP contribution in [0.5, 0.6) is 5.75 Å². The molecule has 0 bridgehead atoms. The van der Waals surface area contributed by atoms with Gasteiger partial charge in [-0.05, 0) is 42.3 Å². The molecule has 0 radical (unpaired) electrons. The molecule has 2 N–H and O–H groups in total. The lowest BCUT2D eigenvalue weighted by Gasteiger charge is -2.14. The summed E-state index contributed by atoms with van der Waals surface area (Å²) in [6.45, 7) is 1.93. The molecular formula is C15H15F2NO. The first-order valence-corrected chi connectivity index (χ1v) is 5.96. The Morgan fingerprint density at radius 2 is 1.95 bits per heavy atom. The average molecular weight is 263 g/mol. The number of ether oxygens (including phenoxy) is 1. The normalized spacial score (nSPS) is 12.2. The number of hydrogen-bond acceptors (Lipinski definition) is 2. The highest BCUT2D eigenvalue weighted by Crippen LogP contribution is 2.20. The van der Waals surface area contributed by atoms with E-state index in [1.54, 1.807) is 24.3 Å². The minimum absolute atomic E-state index is 0.0871. The van der Waals surface area contributed by atoms with E-state index in [1.807, 2.05) is 6.92 Å². The number of halogens is 2. The fourth-order valence-electron chi connectivity index (χ4n) is 1.73. The molecule has 2 aromatic carbocycles. The first-order chi connectivity index (χ1) is 9.06. The van der Waals surface area contributed by atoms with Gasteiger partial charge < -0.3 is 10.5 Å². The lowest BCUT2D eigenvalue weighted by Crippen LogP contribution is -2.19. The highest BCUT2D eigenvalue weighted by molar-refractivity contribution is 5.29. The maximum atomic E-state index is 13.5. The molecule has 0 spiro atoms. The van der Waals surface area contributed by atoms with Gasteiger partial charge in [0.2, 0.25) is 0 Å². The molecular weight excluding hydrogens is 248 g/mol. The third kappa shape index (κ3) is 3.51. The fourth-order valence-corrected chi connectivity index (χ4v) is 1.73. The van der Waals surface area contributed by atoms with Crippen molar-refractivity contribution < 1.29 is 13.5 Å². The predicted molar refractivity (Wildman–Crippen MR) is 70.0 cm³/mol. The van der Waals surface area contributed by atoms with E-state index < -0.39 is 11.9 Å². The smallest absolute Gasteiger partial charge is 0.165 e. The second-order valence-corrected chi connectivity index (χ2v) is 4.41. The summed E-state index contributed by atoms with van der Waals surface area (Å²) < 4.78 is 31.9. The van der Waals surface area contributed by atoms with Crippen molar-refractivity contribution in [2.24, 2.45) is 5.73 Å². The van der Waals surface area contributed by atoms with Crippen LogP contribution in [0.1, 0.15) is 17.2 Å². The molecule has 2 rings (SSSR count). The van der Waals surface area contributed by atoms with Gasteiger partial charge >= 0.3 is 0 Å². The summed E-state index contributed by atoms with van der Waals surface area (Å²) in [5.74, 6) is -0.626. The zero-order valence-electron chi connectivity index (χ0n) is 10.6. The van der Waals surface area contributed by atoms with E-state index in [-0.39, 0.29) is 18.2 Å². The van der Waals surface area contributed by atoms with Crippen LogP contribution in [0.15, 0.2) is 42.5 Å². The maximum absolute atomic E-state index is 13.5. The third-order valence-corrected chi connectivity index (χ3v) is 2.78. The Balaban J connectivity index is 2.04. The lowest BCUT2D eigenvalue weighted by molar-refractivity contribution is 0.277. The molecule has 0 amide bonds. The van der Waals surface area contributed by atoms with Crippen molar-refractivity contribution in [1.82, 2.24) is 0 Å². The first kappa shape index (κ1) is 13.5. The summed E-state index contributed by atoms with van der Waals surface area (Å²) in [6, 6.07) is 10.1. The van der Waals surface area contributed by atoms with E-state index in [0.29, 0.717) is 5.56 Å². The summed E-state index contributed by atoms with van der Waals surface area (Å²) in [6.07, 6.45) is 0. The van der Waals surface area contributed by atoms with Crippen molar-refractivity contribution in [1.29, 1.82) is 0 Å². The van der Waals surface area contributed by atoms with E-state index in [9.17, 15) is 8.78 Å². The molecule has 0 aliphatic carbocycles. The molecule has 1 atom stereocenters. The van der Waals surface area contributed by atoms with Gasteiger partial charge in [0.1, 0.15) is 12.4 Å². The molecule has 0 saturated carbocycles. The second kappa shape index (κ2) is 5.80. The van der Waals surface area contributed by atoms with Gasteiger partial charge in [-0.2, -0.15) is 0 Å². The molecule has 1 unspecified atom stereocenters. The van der Waals surface area contributed by atoms with E-state index >= 15 is 0 Å². The molecule has 0 saturated heterocycles. The Hall–Kier alpha value is -1.94. The molecule has 4 heteroatoms. The van der Waals surface area contributed by atoms with Crippen LogP contribution < -0.4 is 10.5 Å². The van der Waals surface area contributed by atoms with E-state index in [2.05, 4.69) is 0 Å². The van der Waals surface area contributed by atoms with Crippen LogP contribution >= 0.6 is 0 Å². The third-order valence-electron chi connectivity index (χ3n) is 2.78. The number of nitrogens with two attached hydrogens (primary N) is 1. The zero-order chi connectivity index (χ0) is 13.8. The van der Waals surface area contributed by atoms with Crippen molar-refractivity contribution in [3.8, 4) is 5.75 Å². The Morgan fingerprint density at radius 1 is 1.16 bits per heavy atom. The summed E-state index contributed by atoms with van der Waals surface area (Å²) in [5.41, 5.74) is 7.40. The van der Waals surface area contributed by atoms with Gasteiger partial charge in [0.05, 0.1) is 6.04 Å². The van der Waals surface area contributed by atoms with Crippen molar-refractivity contribution in [3.05, 3.63) is 65.2 Å². The van der Waals surface area contributed by atoms with Crippen LogP contribution in [0.3, 0.4) is 0 Å². The highest BCUT2D eigenvalue weighted by atomic mass is 19.1. The molecule has 0 aromatic heterocycles. The van der Waals surface area contributed by atoms with Gasteiger partial charge in [-0.15, -0.1) is 0 Å². The van der Waals surface area contributed by atoms with Gasteiger partial charge in [-0.1, -0.05) is 18.2 Å². The van der Waals surface area contributed by atoms with Crippen molar-refractivity contribution >= 4 is 0 Å². The molecule has 0 fully saturated rings. The molecule has 0 aliphatic heterocycles. The van der Waals surface area contributed by atoms with Gasteiger partial charge in [0, 0.05) is 0 Å². The number of aryl methyl sites for hydroxylation is 1. The van der Waals surface area contributed by atoms with Gasteiger partial charge in [-0.3, -0.25) is 0 Å². The minimum atomic E-state index is -0.504. The topological polar surface area (TPSA) is 35.2 Å². The molecule has 2 nitrogen and oxygen atoms in total. The van der Waals surface area contributed by atoms with E-state index in [4.69, 9.17) is 10.5 Å². The summed E-state index contributed by atoms with van der Waals surface area (Å²) in [4.78, 5) is 0. The van der Waals surface area contributed by atoms with Crippen LogP contribution in [-0.2, 0) is 0 Å². The van der Waals surface area contributed by atoms with Gasteiger partial charge in [-0.25, -0.2) is 8.78 Å². The standard InChI is InChI=1S/C15H15F2NO/c1-10-5-6-13(17)15(7-10)19-9-14(18)11-3-2-4-12(16)8-11/h2-8,14H,9,18H2,1H3. The molecule has 19 heavy (non-hydrogen) atoms. The highest BCUT2D eigenvalue weighted by Gasteiger charge is 2.10. The van der Waals surface area contributed by atoms with Crippen molar-refractivity contribution in [3.63, 3.8) is 0 Å². The monoisotopic (exact) mass is 263 g/mol. The van der Waals surface area contributed by atoms with Crippen LogP contribution in [-0.4, -0.2) is 6.61 Å². The Kier molecular flexibility index (Phi) is 4.12. The fraction of sp³-hybridized carbons (Fsp3) is 0.200. The van der Waals surface area contributed by atoms with E-state index in [1.165, 1.54) is 18.2 Å². The quantitative estimate of drug-likeness (QED) is 0.918. The molecule has 2 aromatic rings. The summed E-state index contributed by atoms with van der Waals surface area (Å²) in [7, 11) is 0. The van der Waals surface area contributed by atoms with Crippen LogP contribution in [0.25, 0.3) is 0 Å². The number of benzene rings is 2. The average Bonchev–Trinajstić information content (AvgIpc) is 2.39. The van der Waals surface area contributed by atoms with Crippen molar-refractivity contribution in [2.75, 3.05) is 6.61 Å². The first-order valence-electron chi connectivity index (χ1n) is 5.96. The maximum Gasteiger partial charge on any atom is 0.165 e. The lowest BCUT2D eigenvalue weighted by atomic mass is 10.1. The molecule has 100 valence electrons. The van der Waals surface area contributed by atoms with E-state index in [0.717, 1.165) is 5.56 Å². The predicted octanol–water partition coefficient (Wildman–Crippen LogP) is 3.35. The molecule has 0 heterocycles. The SMILES string of the molecule is Cc1ccc(F)c(OCC(N)c2cccc(F)c2)c1. The zero-order valence-corrected chi connectivity index (χ0v) is 10.6. The Labute approximate surface area is 110 Å². The minimum Gasteiger partial charge on any atom is -0.489 e. The Bertz CT molecular complexity index is 572. The largest absolute Gasteiger partial charge is 0.489 e.